The number of nitrogens with zero attached hydrogens (tertiary/aromatic N) is 1. The van der Waals surface area contributed by atoms with Gasteiger partial charge in [-0.05, 0) is 25.2 Å². The molecule has 2 aromatic rings. The smallest absolute Gasteiger partial charge is 0.208 e. The molecule has 0 atom stereocenters. The van der Waals surface area contributed by atoms with Crippen LogP contribution in [0.3, 0.4) is 0 Å². The molecule has 1 aliphatic carbocycles. The summed E-state index contributed by atoms with van der Waals surface area (Å²) in [5, 5.41) is 3.40. The van der Waals surface area contributed by atoms with Gasteiger partial charge in [-0.25, -0.2) is 4.98 Å². The topological polar surface area (TPSA) is 38.1 Å². The maximum atomic E-state index is 5.80. The molecule has 0 radical (unpaired) electrons. The van der Waals surface area contributed by atoms with E-state index < -0.39 is 0 Å². The summed E-state index contributed by atoms with van der Waals surface area (Å²) < 4.78 is 5.80. The number of aromatic nitrogens is 1. The fraction of sp³-hybridized carbons (Fsp3) is 0.357. The Morgan fingerprint density at radius 1 is 1.39 bits per heavy atom. The minimum Gasteiger partial charge on any atom is -0.439 e. The van der Waals surface area contributed by atoms with Crippen molar-refractivity contribution in [3.05, 3.63) is 36.4 Å². The molecule has 94 valence electrons. The first-order valence-electron chi connectivity index (χ1n) is 6.18. The molecule has 0 saturated heterocycles. The summed E-state index contributed by atoms with van der Waals surface area (Å²) in [4.78, 5) is 5.55. The van der Waals surface area contributed by atoms with Gasteiger partial charge in [0.2, 0.25) is 5.89 Å². The van der Waals surface area contributed by atoms with Gasteiger partial charge in [-0.3, -0.25) is 0 Å². The number of oxazole rings is 1. The lowest BCUT2D eigenvalue weighted by atomic mass is 10.2. The molecule has 0 amide bonds. The Balaban J connectivity index is 1.78. The molecule has 1 aromatic carbocycles. The van der Waals surface area contributed by atoms with Gasteiger partial charge in [0.05, 0.1) is 12.7 Å². The molecule has 3 rings (SSSR count). The first-order chi connectivity index (χ1) is 8.86. The van der Waals surface area contributed by atoms with Crippen LogP contribution in [0, 0.1) is 0 Å². The van der Waals surface area contributed by atoms with Crippen LogP contribution in [0.4, 0.5) is 0 Å². The van der Waals surface area contributed by atoms with Crippen LogP contribution in [0.5, 0.6) is 0 Å². The van der Waals surface area contributed by atoms with Crippen LogP contribution >= 0.6 is 11.8 Å². The molecular formula is C14H16N2OS. The van der Waals surface area contributed by atoms with Gasteiger partial charge in [0.15, 0.2) is 5.76 Å². The van der Waals surface area contributed by atoms with Crippen LogP contribution in [0.1, 0.15) is 18.7 Å². The minimum absolute atomic E-state index is 0.679. The average Bonchev–Trinajstić information content (AvgIpc) is 3.13. The van der Waals surface area contributed by atoms with E-state index in [0.717, 1.165) is 23.8 Å². The lowest BCUT2D eigenvalue weighted by Crippen LogP contribution is -2.15. The average molecular weight is 260 g/mol. The maximum Gasteiger partial charge on any atom is 0.208 e. The standard InChI is InChI=1S/C14H16N2OS/c1-18-13-5-3-2-4-11(13)12-8-16-14(17-12)9-15-10-6-7-10/h2-5,8,10,15H,6-7,9H2,1H3. The van der Waals surface area contributed by atoms with Crippen LogP contribution in [0.15, 0.2) is 39.8 Å². The fourth-order valence-corrected chi connectivity index (χ4v) is 2.49. The Labute approximate surface area is 111 Å². The van der Waals surface area contributed by atoms with Gasteiger partial charge in [-0.1, -0.05) is 18.2 Å². The largest absolute Gasteiger partial charge is 0.439 e. The second-order valence-electron chi connectivity index (χ2n) is 4.47. The molecule has 1 fully saturated rings. The van der Waals surface area contributed by atoms with Crippen LogP contribution in [0.2, 0.25) is 0 Å². The third-order valence-corrected chi connectivity index (χ3v) is 3.84. The highest BCUT2D eigenvalue weighted by Gasteiger charge is 2.21. The predicted molar refractivity (Wildman–Crippen MR) is 73.6 cm³/mol. The number of thioether (sulfide) groups is 1. The van der Waals surface area contributed by atoms with Crippen molar-refractivity contribution in [3.8, 4) is 11.3 Å². The van der Waals surface area contributed by atoms with Gasteiger partial charge in [0, 0.05) is 16.5 Å². The van der Waals surface area contributed by atoms with Crippen LogP contribution < -0.4 is 5.32 Å². The monoisotopic (exact) mass is 260 g/mol. The van der Waals surface area contributed by atoms with Gasteiger partial charge in [0.1, 0.15) is 0 Å². The van der Waals surface area contributed by atoms with Crippen molar-refractivity contribution in [2.24, 2.45) is 0 Å². The third kappa shape index (κ3) is 2.60. The zero-order valence-corrected chi connectivity index (χ0v) is 11.2. The Morgan fingerprint density at radius 2 is 2.22 bits per heavy atom. The van der Waals surface area contributed by atoms with E-state index in [4.69, 9.17) is 4.42 Å². The summed E-state index contributed by atoms with van der Waals surface area (Å²) in [6.45, 7) is 0.728. The molecule has 1 aromatic heterocycles. The molecule has 0 spiro atoms. The second-order valence-corrected chi connectivity index (χ2v) is 5.32. The molecule has 0 bridgehead atoms. The summed E-state index contributed by atoms with van der Waals surface area (Å²) in [5.41, 5.74) is 1.12. The molecular weight excluding hydrogens is 244 g/mol. The van der Waals surface area contributed by atoms with Crippen molar-refractivity contribution >= 4 is 11.8 Å². The van der Waals surface area contributed by atoms with Crippen molar-refractivity contribution in [2.75, 3.05) is 6.26 Å². The fourth-order valence-electron chi connectivity index (χ4n) is 1.88. The molecule has 18 heavy (non-hydrogen) atoms. The van der Waals surface area contributed by atoms with Crippen LogP contribution in [0.25, 0.3) is 11.3 Å². The number of nitrogens with one attached hydrogen (secondary N) is 1. The highest BCUT2D eigenvalue weighted by atomic mass is 32.2. The van der Waals surface area contributed by atoms with E-state index in [1.807, 2.05) is 18.3 Å². The van der Waals surface area contributed by atoms with E-state index in [0.29, 0.717) is 6.04 Å². The van der Waals surface area contributed by atoms with E-state index in [-0.39, 0.29) is 0 Å². The minimum atomic E-state index is 0.679. The van der Waals surface area contributed by atoms with Gasteiger partial charge in [0.25, 0.3) is 0 Å². The van der Waals surface area contributed by atoms with Crippen LogP contribution in [-0.2, 0) is 6.54 Å². The lowest BCUT2D eigenvalue weighted by Gasteiger charge is -2.03. The number of hydrogen-bond donors (Lipinski definition) is 1. The summed E-state index contributed by atoms with van der Waals surface area (Å²) in [5.74, 6) is 1.63. The first kappa shape index (κ1) is 11.8. The molecule has 4 heteroatoms. The van der Waals surface area contributed by atoms with Crippen molar-refractivity contribution in [3.63, 3.8) is 0 Å². The highest BCUT2D eigenvalue weighted by molar-refractivity contribution is 7.98. The van der Waals surface area contributed by atoms with Crippen molar-refractivity contribution in [2.45, 2.75) is 30.3 Å². The molecule has 3 nitrogen and oxygen atoms in total. The molecule has 0 aliphatic heterocycles. The number of benzene rings is 1. The van der Waals surface area contributed by atoms with E-state index in [2.05, 4.69) is 28.7 Å². The first-order valence-corrected chi connectivity index (χ1v) is 7.41. The molecule has 1 heterocycles. The number of hydrogen-bond acceptors (Lipinski definition) is 4. The van der Waals surface area contributed by atoms with Crippen molar-refractivity contribution in [1.82, 2.24) is 10.3 Å². The zero-order chi connectivity index (χ0) is 12.4. The van der Waals surface area contributed by atoms with Crippen molar-refractivity contribution < 1.29 is 4.42 Å². The zero-order valence-electron chi connectivity index (χ0n) is 10.3. The van der Waals surface area contributed by atoms with E-state index in [9.17, 15) is 0 Å². The number of rotatable bonds is 5. The molecule has 0 unspecified atom stereocenters. The summed E-state index contributed by atoms with van der Waals surface area (Å²) >= 11 is 1.72. The maximum absolute atomic E-state index is 5.80. The summed E-state index contributed by atoms with van der Waals surface area (Å²) in [6, 6.07) is 8.93. The van der Waals surface area contributed by atoms with Gasteiger partial charge in [-0.2, -0.15) is 0 Å². The SMILES string of the molecule is CSc1ccccc1-c1cnc(CNC2CC2)o1. The summed E-state index contributed by atoms with van der Waals surface area (Å²) in [6.07, 6.45) is 6.45. The van der Waals surface area contributed by atoms with E-state index >= 15 is 0 Å². The van der Waals surface area contributed by atoms with Gasteiger partial charge < -0.3 is 9.73 Å². The van der Waals surface area contributed by atoms with Crippen molar-refractivity contribution in [1.29, 1.82) is 0 Å². The third-order valence-electron chi connectivity index (χ3n) is 3.05. The molecule has 1 saturated carbocycles. The highest BCUT2D eigenvalue weighted by Crippen LogP contribution is 2.30. The summed E-state index contributed by atoms with van der Waals surface area (Å²) in [7, 11) is 0. The predicted octanol–water partition coefficient (Wildman–Crippen LogP) is 3.32. The normalized spacial score (nSPS) is 14.9. The Kier molecular flexibility index (Phi) is 3.39. The lowest BCUT2D eigenvalue weighted by molar-refractivity contribution is 0.476. The quantitative estimate of drug-likeness (QED) is 0.837. The van der Waals surface area contributed by atoms with E-state index in [1.54, 1.807) is 11.8 Å². The Hall–Kier alpha value is -1.26. The molecule has 1 aliphatic rings. The van der Waals surface area contributed by atoms with Gasteiger partial charge >= 0.3 is 0 Å². The Morgan fingerprint density at radius 3 is 3.00 bits per heavy atom. The molecule has 1 N–H and O–H groups in total. The van der Waals surface area contributed by atoms with Gasteiger partial charge in [-0.15, -0.1) is 11.8 Å². The van der Waals surface area contributed by atoms with E-state index in [1.165, 1.54) is 17.7 Å². The van der Waals surface area contributed by atoms with Crippen LogP contribution in [-0.4, -0.2) is 17.3 Å². The Bertz CT molecular complexity index is 534. The second kappa shape index (κ2) is 5.16.